The van der Waals surface area contributed by atoms with E-state index in [0.29, 0.717) is 53.6 Å². The standard InChI is InChI=1S/C30H34ClN5O6S/c1-4-23-9-8-22(16-26(23)36(38)39)19-43(40,41)34-14-12-33(13-15-34)27-18-32-35(25-7-5-6-24(31)17-25)29(37)28(27)42-20-30(10-11-30)21(2)3/h5-9,16-18H,2,4,10-15,19-20H2,1,3H3. The van der Waals surface area contributed by atoms with Crippen LogP contribution in [0.5, 0.6) is 5.75 Å². The Hall–Kier alpha value is -3.74. The Bertz CT molecular complexity index is 1730. The van der Waals surface area contributed by atoms with Crippen LogP contribution in [-0.4, -0.2) is 60.2 Å². The van der Waals surface area contributed by atoms with Crippen molar-refractivity contribution < 1.29 is 18.1 Å². The van der Waals surface area contributed by atoms with E-state index in [1.807, 2.05) is 18.7 Å². The number of sulfonamides is 1. The van der Waals surface area contributed by atoms with Crippen LogP contribution in [0.2, 0.25) is 5.02 Å². The van der Waals surface area contributed by atoms with E-state index in [0.717, 1.165) is 18.4 Å². The van der Waals surface area contributed by atoms with Gasteiger partial charge in [0.1, 0.15) is 5.69 Å². The molecule has 2 aromatic carbocycles. The first kappa shape index (κ1) is 30.7. The van der Waals surface area contributed by atoms with Crippen molar-refractivity contribution in [2.75, 3.05) is 37.7 Å². The fourth-order valence-corrected chi connectivity index (χ4v) is 7.00. The lowest BCUT2D eigenvalue weighted by Crippen LogP contribution is -2.49. The molecule has 1 aliphatic heterocycles. The normalized spacial score (nSPS) is 16.6. The highest BCUT2D eigenvalue weighted by atomic mass is 35.5. The number of nitro groups is 1. The Labute approximate surface area is 255 Å². The van der Waals surface area contributed by atoms with Gasteiger partial charge in [0.05, 0.1) is 29.2 Å². The minimum absolute atomic E-state index is 0.0767. The third-order valence-electron chi connectivity index (χ3n) is 8.27. The SMILES string of the molecule is C=C(C)C1(COc2c(N3CCN(S(=O)(=O)Cc4ccc(CC)c([N+](=O)[O-])c4)CC3)cnn(-c3cccc(Cl)c3)c2=O)CC1. The Kier molecular flexibility index (Phi) is 8.64. The average molecular weight is 628 g/mol. The molecular weight excluding hydrogens is 594 g/mol. The van der Waals surface area contributed by atoms with Gasteiger partial charge in [0.2, 0.25) is 15.8 Å². The van der Waals surface area contributed by atoms with Crippen LogP contribution in [0.1, 0.15) is 37.8 Å². The number of aromatic nitrogens is 2. The molecule has 1 aromatic heterocycles. The van der Waals surface area contributed by atoms with Gasteiger partial charge in [-0.1, -0.05) is 48.9 Å². The highest BCUT2D eigenvalue weighted by molar-refractivity contribution is 7.88. The third-order valence-corrected chi connectivity index (χ3v) is 10.4. The van der Waals surface area contributed by atoms with Gasteiger partial charge in [-0.3, -0.25) is 14.9 Å². The van der Waals surface area contributed by atoms with Gasteiger partial charge in [0, 0.05) is 48.2 Å². The summed E-state index contributed by atoms with van der Waals surface area (Å²) in [6, 6.07) is 11.4. The summed E-state index contributed by atoms with van der Waals surface area (Å²) in [6.45, 7) is 9.13. The summed E-state index contributed by atoms with van der Waals surface area (Å²) in [5.74, 6) is -0.200. The lowest BCUT2D eigenvalue weighted by molar-refractivity contribution is -0.385. The monoisotopic (exact) mass is 627 g/mol. The van der Waals surface area contributed by atoms with Crippen LogP contribution in [0.4, 0.5) is 11.4 Å². The Morgan fingerprint density at radius 2 is 1.88 bits per heavy atom. The third kappa shape index (κ3) is 6.46. The quantitative estimate of drug-likeness (QED) is 0.169. The van der Waals surface area contributed by atoms with E-state index in [1.54, 1.807) is 42.6 Å². The zero-order chi connectivity index (χ0) is 30.9. The van der Waals surface area contributed by atoms with E-state index in [4.69, 9.17) is 16.3 Å². The number of aryl methyl sites for hydroxylation is 1. The second-order valence-electron chi connectivity index (χ2n) is 11.1. The van der Waals surface area contributed by atoms with Crippen molar-refractivity contribution >= 4 is 33.0 Å². The number of benzene rings is 2. The molecular formula is C30H34ClN5O6S. The molecule has 228 valence electrons. The Balaban J connectivity index is 1.37. The summed E-state index contributed by atoms with van der Waals surface area (Å²) in [4.78, 5) is 26.6. The number of hydrogen-bond donors (Lipinski definition) is 0. The van der Waals surface area contributed by atoms with Gasteiger partial charge in [-0.25, -0.2) is 8.42 Å². The fourth-order valence-electron chi connectivity index (χ4n) is 5.31. The molecule has 0 bridgehead atoms. The summed E-state index contributed by atoms with van der Waals surface area (Å²) in [5.41, 5.74) is 2.23. The van der Waals surface area contributed by atoms with Gasteiger partial charge in [0.25, 0.3) is 5.69 Å². The van der Waals surface area contributed by atoms with Gasteiger partial charge in [-0.05, 0) is 49.9 Å². The number of rotatable bonds is 11. The van der Waals surface area contributed by atoms with Gasteiger partial charge in [-0.2, -0.15) is 14.1 Å². The maximum absolute atomic E-state index is 13.7. The van der Waals surface area contributed by atoms with Gasteiger partial charge >= 0.3 is 5.56 Å². The first-order valence-electron chi connectivity index (χ1n) is 14.1. The lowest BCUT2D eigenvalue weighted by atomic mass is 10.0. The molecule has 5 rings (SSSR count). The minimum Gasteiger partial charge on any atom is -0.485 e. The first-order chi connectivity index (χ1) is 20.4. The number of nitro benzene ring substituents is 1. The smallest absolute Gasteiger partial charge is 0.316 e. The molecule has 0 atom stereocenters. The van der Waals surface area contributed by atoms with Crippen LogP contribution in [0.15, 0.2) is 65.6 Å². The van der Waals surface area contributed by atoms with Crippen LogP contribution in [0.25, 0.3) is 5.69 Å². The molecule has 1 aliphatic carbocycles. The van der Waals surface area contributed by atoms with Crippen LogP contribution < -0.4 is 15.2 Å². The second kappa shape index (κ2) is 12.1. The number of piperazine rings is 1. The Morgan fingerprint density at radius 3 is 2.49 bits per heavy atom. The second-order valence-corrected chi connectivity index (χ2v) is 13.5. The summed E-state index contributed by atoms with van der Waals surface area (Å²) < 4.78 is 35.4. The minimum atomic E-state index is -3.75. The summed E-state index contributed by atoms with van der Waals surface area (Å²) >= 11 is 6.16. The molecule has 3 aromatic rings. The summed E-state index contributed by atoms with van der Waals surface area (Å²) in [6.07, 6.45) is 3.92. The van der Waals surface area contributed by atoms with Crippen LogP contribution in [-0.2, 0) is 22.2 Å². The average Bonchev–Trinajstić information content (AvgIpc) is 3.77. The summed E-state index contributed by atoms with van der Waals surface area (Å²) in [7, 11) is -3.75. The molecule has 1 saturated carbocycles. The van der Waals surface area contributed by atoms with Gasteiger partial charge in [0.15, 0.2) is 0 Å². The maximum atomic E-state index is 13.7. The molecule has 2 heterocycles. The highest BCUT2D eigenvalue weighted by Crippen LogP contribution is 2.51. The topological polar surface area (TPSA) is 128 Å². The number of anilines is 1. The van der Waals surface area contributed by atoms with E-state index in [1.165, 1.54) is 15.1 Å². The predicted molar refractivity (Wildman–Crippen MR) is 166 cm³/mol. The fraction of sp³-hybridized carbons (Fsp3) is 0.400. The number of halogens is 1. The van der Waals surface area contributed by atoms with E-state index in [9.17, 15) is 23.3 Å². The first-order valence-corrected chi connectivity index (χ1v) is 16.1. The van der Waals surface area contributed by atoms with Crippen molar-refractivity contribution in [1.29, 1.82) is 0 Å². The molecule has 0 N–H and O–H groups in total. The van der Waals surface area contributed by atoms with E-state index in [2.05, 4.69) is 11.7 Å². The van der Waals surface area contributed by atoms with Crippen LogP contribution in [0.3, 0.4) is 0 Å². The molecule has 2 aliphatic rings. The molecule has 11 nitrogen and oxygen atoms in total. The zero-order valence-electron chi connectivity index (χ0n) is 24.2. The lowest BCUT2D eigenvalue weighted by Gasteiger charge is -2.36. The summed E-state index contributed by atoms with van der Waals surface area (Å²) in [5, 5.41) is 16.3. The van der Waals surface area contributed by atoms with Crippen molar-refractivity contribution in [1.82, 2.24) is 14.1 Å². The van der Waals surface area contributed by atoms with Crippen molar-refractivity contribution in [3.8, 4) is 11.4 Å². The largest absolute Gasteiger partial charge is 0.485 e. The van der Waals surface area contributed by atoms with Crippen LogP contribution >= 0.6 is 11.6 Å². The molecule has 13 heteroatoms. The molecule has 2 fully saturated rings. The molecule has 0 unspecified atom stereocenters. The molecule has 0 amide bonds. The predicted octanol–water partition coefficient (Wildman–Crippen LogP) is 4.74. The van der Waals surface area contributed by atoms with Crippen molar-refractivity contribution in [2.45, 2.75) is 38.9 Å². The van der Waals surface area contributed by atoms with Crippen molar-refractivity contribution in [2.24, 2.45) is 5.41 Å². The van der Waals surface area contributed by atoms with Crippen LogP contribution in [0, 0.1) is 15.5 Å². The molecule has 0 radical (unpaired) electrons. The maximum Gasteiger partial charge on any atom is 0.316 e. The van der Waals surface area contributed by atoms with Crippen molar-refractivity contribution in [3.63, 3.8) is 0 Å². The van der Waals surface area contributed by atoms with Gasteiger partial charge in [-0.15, -0.1) is 0 Å². The van der Waals surface area contributed by atoms with Gasteiger partial charge < -0.3 is 9.64 Å². The van der Waals surface area contributed by atoms with E-state index >= 15 is 0 Å². The number of nitrogens with zero attached hydrogens (tertiary/aromatic N) is 5. The Morgan fingerprint density at radius 1 is 1.16 bits per heavy atom. The van der Waals surface area contributed by atoms with E-state index < -0.39 is 20.5 Å². The molecule has 43 heavy (non-hydrogen) atoms. The number of ether oxygens (including phenoxy) is 1. The van der Waals surface area contributed by atoms with Crippen molar-refractivity contribution in [3.05, 3.63) is 97.4 Å². The molecule has 0 spiro atoms. The zero-order valence-corrected chi connectivity index (χ0v) is 25.7. The van der Waals surface area contributed by atoms with E-state index in [-0.39, 0.29) is 35.7 Å². The highest BCUT2D eigenvalue weighted by Gasteiger charge is 2.44. The number of hydrogen-bond acceptors (Lipinski definition) is 8. The molecule has 1 saturated heterocycles.